The lowest BCUT2D eigenvalue weighted by molar-refractivity contribution is -0.147. The molecular weight excluding hydrogens is 638 g/mol. The van der Waals surface area contributed by atoms with E-state index in [0.717, 1.165) is 47.7 Å². The second kappa shape index (κ2) is 19.9. The number of likely N-dealkylation sites (N-methyl/N-ethyl adjacent to an activating group) is 1. The number of imidazole rings is 1. The zero-order valence-electron chi connectivity index (χ0n) is 30.9. The molecule has 13 nitrogen and oxygen atoms in total. The minimum Gasteiger partial charge on any atom is -0.434 e. The highest BCUT2D eigenvalue weighted by Crippen LogP contribution is 2.29. The highest BCUT2D eigenvalue weighted by Gasteiger charge is 2.37. The van der Waals surface area contributed by atoms with Crippen molar-refractivity contribution < 1.29 is 29.0 Å². The summed E-state index contributed by atoms with van der Waals surface area (Å²) in [6, 6.07) is 6.96. The first kappa shape index (κ1) is 40.3. The molecule has 0 spiro atoms. The van der Waals surface area contributed by atoms with Crippen molar-refractivity contribution in [3.63, 3.8) is 0 Å². The average molecular weight is 698 g/mol. The van der Waals surface area contributed by atoms with E-state index in [4.69, 9.17) is 4.74 Å². The zero-order valence-corrected chi connectivity index (χ0v) is 30.9. The number of aliphatic hydroxyl groups excluding tert-OH is 1. The van der Waals surface area contributed by atoms with Crippen LogP contribution >= 0.6 is 0 Å². The van der Waals surface area contributed by atoms with Gasteiger partial charge < -0.3 is 30.4 Å². The SMILES string of the molecule is CC(C)CC[C@H](O)[C@H](CC1CCCCC1)NC(=O)[C@H](Cc1c[nH]cn1)N(C)C(=O)[C@H](Cc1ccccc1)OC(=O)N(C)N(C)C(=O)NC(C)C. The minimum atomic E-state index is -1.32. The number of rotatable bonds is 16. The lowest BCUT2D eigenvalue weighted by atomic mass is 9.83. The smallest absolute Gasteiger partial charge is 0.429 e. The summed E-state index contributed by atoms with van der Waals surface area (Å²) in [6.45, 7) is 7.82. The number of H-pyrrole nitrogens is 1. The first-order valence-electron chi connectivity index (χ1n) is 18.0. The van der Waals surface area contributed by atoms with Gasteiger partial charge in [-0.3, -0.25) is 9.59 Å². The van der Waals surface area contributed by atoms with Gasteiger partial charge >= 0.3 is 12.1 Å². The van der Waals surface area contributed by atoms with Crippen molar-refractivity contribution in [3.8, 4) is 0 Å². The van der Waals surface area contributed by atoms with E-state index in [0.29, 0.717) is 30.4 Å². The number of nitrogens with one attached hydrogen (secondary N) is 3. The van der Waals surface area contributed by atoms with Gasteiger partial charge in [-0.25, -0.2) is 24.6 Å². The van der Waals surface area contributed by atoms with Crippen LogP contribution in [0.3, 0.4) is 0 Å². The summed E-state index contributed by atoms with van der Waals surface area (Å²) in [7, 11) is 4.31. The van der Waals surface area contributed by atoms with Gasteiger partial charge in [0.25, 0.3) is 5.91 Å². The molecule has 50 heavy (non-hydrogen) atoms. The van der Waals surface area contributed by atoms with Crippen molar-refractivity contribution >= 4 is 23.9 Å². The zero-order chi connectivity index (χ0) is 36.8. The van der Waals surface area contributed by atoms with Gasteiger partial charge in [-0.15, -0.1) is 0 Å². The van der Waals surface area contributed by atoms with Gasteiger partial charge in [0.1, 0.15) is 6.04 Å². The van der Waals surface area contributed by atoms with Crippen molar-refractivity contribution in [1.29, 1.82) is 0 Å². The third kappa shape index (κ3) is 12.6. The van der Waals surface area contributed by atoms with Gasteiger partial charge in [0, 0.05) is 46.2 Å². The van der Waals surface area contributed by atoms with E-state index in [1.807, 2.05) is 30.3 Å². The number of hydrogen-bond acceptors (Lipinski definition) is 7. The van der Waals surface area contributed by atoms with Crippen molar-refractivity contribution in [3.05, 3.63) is 54.1 Å². The molecule has 4 N–H and O–H groups in total. The number of amides is 5. The maximum absolute atomic E-state index is 14.3. The number of ether oxygens (including phenoxy) is 1. The predicted molar refractivity (Wildman–Crippen MR) is 192 cm³/mol. The topological polar surface area (TPSA) is 160 Å². The molecule has 0 saturated heterocycles. The molecule has 1 saturated carbocycles. The normalized spacial score (nSPS) is 15.9. The Morgan fingerprint density at radius 3 is 2.22 bits per heavy atom. The van der Waals surface area contributed by atoms with Gasteiger partial charge in [-0.1, -0.05) is 76.3 Å². The van der Waals surface area contributed by atoms with Gasteiger partial charge in [0.05, 0.1) is 24.2 Å². The number of hydrazine groups is 1. The summed E-state index contributed by atoms with van der Waals surface area (Å²) >= 11 is 0. The molecule has 2 aromatic rings. The molecular formula is C37H59N7O6. The van der Waals surface area contributed by atoms with Crippen LogP contribution < -0.4 is 10.6 Å². The Balaban J connectivity index is 1.88. The number of aliphatic hydroxyl groups is 1. The molecule has 1 aromatic heterocycles. The molecule has 3 rings (SSSR count). The molecule has 0 radical (unpaired) electrons. The monoisotopic (exact) mass is 697 g/mol. The molecule has 1 fully saturated rings. The van der Waals surface area contributed by atoms with Crippen LogP contribution in [0.4, 0.5) is 9.59 Å². The van der Waals surface area contributed by atoms with Crippen molar-refractivity contribution in [2.24, 2.45) is 11.8 Å². The van der Waals surface area contributed by atoms with Crippen LogP contribution in [0.15, 0.2) is 42.9 Å². The molecule has 1 aromatic carbocycles. The number of hydrogen-bond donors (Lipinski definition) is 4. The van der Waals surface area contributed by atoms with Crippen LogP contribution in [0.2, 0.25) is 0 Å². The van der Waals surface area contributed by atoms with E-state index in [1.165, 1.54) is 38.8 Å². The Bertz CT molecular complexity index is 1330. The molecule has 1 heterocycles. The summed E-state index contributed by atoms with van der Waals surface area (Å²) < 4.78 is 5.80. The molecule has 13 heteroatoms. The Hall–Kier alpha value is -4.13. The van der Waals surface area contributed by atoms with Gasteiger partial charge in [-0.2, -0.15) is 0 Å². The summed E-state index contributed by atoms with van der Waals surface area (Å²) in [5.41, 5.74) is 1.32. The predicted octanol–water partition coefficient (Wildman–Crippen LogP) is 4.68. The van der Waals surface area contributed by atoms with E-state index >= 15 is 0 Å². The number of carbonyl (C=O) groups excluding carboxylic acids is 4. The summed E-state index contributed by atoms with van der Waals surface area (Å²) in [4.78, 5) is 63.1. The van der Waals surface area contributed by atoms with Crippen molar-refractivity contribution in [1.82, 2.24) is 35.5 Å². The summed E-state index contributed by atoms with van der Waals surface area (Å²) in [6.07, 6.45) is 8.01. The third-order valence-electron chi connectivity index (χ3n) is 9.42. The first-order chi connectivity index (χ1) is 23.8. The standard InChI is InChI=1S/C37H59N7O6/c1-25(2)18-19-32(45)30(20-27-14-10-8-11-15-27)41-34(46)31(22-29-23-38-24-39-29)42(5)35(47)33(21-28-16-12-9-13-17-28)50-37(49)44(7)43(6)36(48)40-26(3)4/h9,12-13,16-17,23-27,30-33,45H,8,10-11,14-15,18-22H2,1-7H3,(H,38,39)(H,40,48)(H,41,46)/t30-,31-,32-,33-/m0/s1. The molecule has 0 unspecified atom stereocenters. The van der Waals surface area contributed by atoms with Crippen LogP contribution in [-0.4, -0.2) is 105 Å². The summed E-state index contributed by atoms with van der Waals surface area (Å²) in [5, 5.41) is 19.3. The lowest BCUT2D eigenvalue weighted by Crippen LogP contribution is -2.57. The fourth-order valence-electron chi connectivity index (χ4n) is 6.27. The number of carbonyl (C=O) groups is 4. The highest BCUT2D eigenvalue weighted by atomic mass is 16.6. The van der Waals surface area contributed by atoms with E-state index in [9.17, 15) is 24.3 Å². The van der Waals surface area contributed by atoms with Crippen molar-refractivity contribution in [2.45, 2.75) is 122 Å². The van der Waals surface area contributed by atoms with Gasteiger partial charge in [0.2, 0.25) is 5.91 Å². The van der Waals surface area contributed by atoms with Crippen LogP contribution in [-0.2, 0) is 27.2 Å². The van der Waals surface area contributed by atoms with Gasteiger partial charge in [0.15, 0.2) is 6.10 Å². The average Bonchev–Trinajstić information content (AvgIpc) is 3.61. The fraction of sp³-hybridized carbons (Fsp3) is 0.649. The fourth-order valence-corrected chi connectivity index (χ4v) is 6.27. The van der Waals surface area contributed by atoms with Crippen molar-refractivity contribution in [2.75, 3.05) is 21.1 Å². The van der Waals surface area contributed by atoms with Gasteiger partial charge in [-0.05, 0) is 50.5 Å². The first-order valence-corrected chi connectivity index (χ1v) is 18.0. The molecule has 278 valence electrons. The third-order valence-corrected chi connectivity index (χ3v) is 9.42. The molecule has 4 atom stereocenters. The summed E-state index contributed by atoms with van der Waals surface area (Å²) in [5.74, 6) is -0.205. The highest BCUT2D eigenvalue weighted by molar-refractivity contribution is 5.91. The maximum atomic E-state index is 14.3. The Kier molecular flexibility index (Phi) is 16.0. The molecule has 1 aliphatic carbocycles. The maximum Gasteiger partial charge on any atom is 0.429 e. The number of benzene rings is 1. The molecule has 0 bridgehead atoms. The second-order valence-electron chi connectivity index (χ2n) is 14.3. The van der Waals surface area contributed by atoms with E-state index in [2.05, 4.69) is 34.4 Å². The Morgan fingerprint density at radius 1 is 0.940 bits per heavy atom. The molecule has 0 aliphatic heterocycles. The lowest BCUT2D eigenvalue weighted by Gasteiger charge is -2.35. The second-order valence-corrected chi connectivity index (χ2v) is 14.3. The number of aromatic nitrogens is 2. The minimum absolute atomic E-state index is 0.0421. The number of aromatic amines is 1. The van der Waals surface area contributed by atoms with Crippen LogP contribution in [0.5, 0.6) is 0 Å². The number of urea groups is 1. The Morgan fingerprint density at radius 2 is 1.62 bits per heavy atom. The largest absolute Gasteiger partial charge is 0.434 e. The molecule has 1 aliphatic rings. The van der Waals surface area contributed by atoms with Crippen LogP contribution in [0, 0.1) is 11.8 Å². The van der Waals surface area contributed by atoms with E-state index < -0.39 is 48.2 Å². The quantitative estimate of drug-likeness (QED) is 0.185. The number of nitrogens with zero attached hydrogens (tertiary/aromatic N) is 4. The Labute approximate surface area is 297 Å². The van der Waals surface area contributed by atoms with Crippen LogP contribution in [0.25, 0.3) is 0 Å². The van der Waals surface area contributed by atoms with E-state index in [-0.39, 0.29) is 18.9 Å². The van der Waals surface area contributed by atoms with Crippen LogP contribution in [0.1, 0.15) is 90.3 Å². The molecule has 5 amide bonds. The van der Waals surface area contributed by atoms with E-state index in [1.54, 1.807) is 20.0 Å².